The molecular weight excluding hydrogens is 250 g/mol. The first kappa shape index (κ1) is 17.7. The van der Waals surface area contributed by atoms with E-state index in [0.29, 0.717) is 0 Å². The molecule has 0 heterocycles. The van der Waals surface area contributed by atoms with Crippen molar-refractivity contribution in [2.24, 2.45) is 0 Å². The lowest BCUT2D eigenvalue weighted by atomic mass is 10.2. The molecule has 1 atom stereocenters. The zero-order valence-electron chi connectivity index (χ0n) is 12.8. The molecular formula is C13H25NO5. The van der Waals surface area contributed by atoms with Crippen molar-refractivity contribution >= 4 is 12.1 Å². The third kappa shape index (κ3) is 9.30. The quantitative estimate of drug-likeness (QED) is 0.793. The molecule has 1 N–H and O–H groups in total. The van der Waals surface area contributed by atoms with E-state index in [1.165, 1.54) is 7.11 Å². The summed E-state index contributed by atoms with van der Waals surface area (Å²) in [4.78, 5) is 23.2. The fourth-order valence-corrected chi connectivity index (χ4v) is 1.09. The molecule has 0 bridgehead atoms. The zero-order chi connectivity index (χ0) is 15.3. The molecule has 0 rings (SSSR count). The number of amides is 1. The van der Waals surface area contributed by atoms with Gasteiger partial charge in [0.15, 0.2) is 6.04 Å². The Bertz CT molecular complexity index is 314. The largest absolute Gasteiger partial charge is 0.467 e. The lowest BCUT2D eigenvalue weighted by Crippen LogP contribution is -2.47. The van der Waals surface area contributed by atoms with Gasteiger partial charge in [0.05, 0.1) is 19.3 Å². The van der Waals surface area contributed by atoms with Crippen molar-refractivity contribution in [3.8, 4) is 0 Å². The molecule has 0 aliphatic heterocycles. The summed E-state index contributed by atoms with van der Waals surface area (Å²) in [5.74, 6) is -0.574. The molecule has 6 heteroatoms. The number of esters is 1. The molecule has 0 aromatic carbocycles. The number of carbonyl (C=O) groups excluding carboxylic acids is 2. The maximum Gasteiger partial charge on any atom is 0.408 e. The van der Waals surface area contributed by atoms with E-state index in [1.54, 1.807) is 20.8 Å². The number of alkyl carbamates (subject to hydrolysis) is 1. The number of rotatable bonds is 4. The van der Waals surface area contributed by atoms with Gasteiger partial charge in [-0.15, -0.1) is 0 Å². The summed E-state index contributed by atoms with van der Waals surface area (Å²) in [7, 11) is 1.25. The first-order valence-electron chi connectivity index (χ1n) is 6.16. The van der Waals surface area contributed by atoms with Crippen molar-refractivity contribution in [3.63, 3.8) is 0 Å². The minimum Gasteiger partial charge on any atom is -0.467 e. The zero-order valence-corrected chi connectivity index (χ0v) is 12.8. The second kappa shape index (κ2) is 6.75. The van der Waals surface area contributed by atoms with Crippen LogP contribution in [0.5, 0.6) is 0 Å². The number of hydrogen-bond acceptors (Lipinski definition) is 5. The maximum absolute atomic E-state index is 11.6. The van der Waals surface area contributed by atoms with Crippen LogP contribution in [-0.2, 0) is 19.0 Å². The SMILES string of the molecule is COC(=O)[C@H](COC(C)(C)C)NC(=O)OC(C)(C)C. The lowest BCUT2D eigenvalue weighted by molar-refractivity contribution is -0.146. The van der Waals surface area contributed by atoms with Crippen LogP contribution in [0.4, 0.5) is 4.79 Å². The van der Waals surface area contributed by atoms with Gasteiger partial charge in [0.2, 0.25) is 0 Å². The molecule has 0 aliphatic carbocycles. The molecule has 0 aromatic heterocycles. The van der Waals surface area contributed by atoms with Gasteiger partial charge >= 0.3 is 12.1 Å². The van der Waals surface area contributed by atoms with Gasteiger partial charge in [0.1, 0.15) is 5.60 Å². The van der Waals surface area contributed by atoms with Crippen molar-refractivity contribution in [2.75, 3.05) is 13.7 Å². The third-order valence-corrected chi connectivity index (χ3v) is 1.86. The Morgan fingerprint density at radius 2 is 1.58 bits per heavy atom. The normalized spacial score (nSPS) is 13.6. The number of hydrogen-bond donors (Lipinski definition) is 1. The predicted molar refractivity (Wildman–Crippen MR) is 70.9 cm³/mol. The lowest BCUT2D eigenvalue weighted by Gasteiger charge is -2.25. The van der Waals surface area contributed by atoms with E-state index in [1.807, 2.05) is 20.8 Å². The summed E-state index contributed by atoms with van der Waals surface area (Å²) in [5, 5.41) is 2.44. The Hall–Kier alpha value is -1.30. The van der Waals surface area contributed by atoms with Crippen LogP contribution in [0.1, 0.15) is 41.5 Å². The van der Waals surface area contributed by atoms with E-state index in [9.17, 15) is 9.59 Å². The molecule has 0 aliphatic rings. The number of methoxy groups -OCH3 is 1. The molecule has 0 aromatic rings. The summed E-state index contributed by atoms with van der Waals surface area (Å²) in [5.41, 5.74) is -1.04. The van der Waals surface area contributed by atoms with Gasteiger partial charge in [-0.1, -0.05) is 0 Å². The van der Waals surface area contributed by atoms with E-state index in [0.717, 1.165) is 0 Å². The molecule has 0 unspecified atom stereocenters. The Kier molecular flexibility index (Phi) is 6.29. The summed E-state index contributed by atoms with van der Waals surface area (Å²) in [6, 6.07) is -0.890. The second-order valence-electron chi connectivity index (χ2n) is 6.15. The van der Waals surface area contributed by atoms with Crippen molar-refractivity contribution in [3.05, 3.63) is 0 Å². The van der Waals surface area contributed by atoms with Crippen molar-refractivity contribution in [2.45, 2.75) is 58.8 Å². The Morgan fingerprint density at radius 1 is 1.05 bits per heavy atom. The molecule has 0 saturated heterocycles. The minimum absolute atomic E-state index is 0.0232. The third-order valence-electron chi connectivity index (χ3n) is 1.86. The fourth-order valence-electron chi connectivity index (χ4n) is 1.09. The van der Waals surface area contributed by atoms with Gasteiger partial charge in [-0.2, -0.15) is 0 Å². The summed E-state index contributed by atoms with van der Waals surface area (Å²) >= 11 is 0. The molecule has 0 fully saturated rings. The Morgan fingerprint density at radius 3 is 1.95 bits per heavy atom. The second-order valence-corrected chi connectivity index (χ2v) is 6.15. The standard InChI is InChI=1S/C13H25NO5/c1-12(2,3)18-8-9(10(15)17-7)14-11(16)19-13(4,5)6/h9H,8H2,1-7H3,(H,14,16)/t9-/m0/s1. The Balaban J connectivity index is 4.52. The topological polar surface area (TPSA) is 73.9 Å². The molecule has 6 nitrogen and oxygen atoms in total. The van der Waals surface area contributed by atoms with Crippen LogP contribution >= 0.6 is 0 Å². The monoisotopic (exact) mass is 275 g/mol. The highest BCUT2D eigenvalue weighted by Crippen LogP contribution is 2.09. The van der Waals surface area contributed by atoms with Gasteiger partial charge in [-0.3, -0.25) is 0 Å². The van der Waals surface area contributed by atoms with Gasteiger partial charge < -0.3 is 19.5 Å². The Labute approximate surface area is 114 Å². The van der Waals surface area contributed by atoms with E-state index in [2.05, 4.69) is 10.1 Å². The van der Waals surface area contributed by atoms with Crippen LogP contribution in [0.2, 0.25) is 0 Å². The highest BCUT2D eigenvalue weighted by atomic mass is 16.6. The summed E-state index contributed by atoms with van der Waals surface area (Å²) in [6.45, 7) is 10.8. The van der Waals surface area contributed by atoms with Crippen LogP contribution in [0.3, 0.4) is 0 Å². The maximum atomic E-state index is 11.6. The number of carbonyl (C=O) groups is 2. The molecule has 0 saturated carbocycles. The molecule has 1 amide bonds. The minimum atomic E-state index is -0.890. The van der Waals surface area contributed by atoms with Gasteiger partial charge in [-0.25, -0.2) is 9.59 Å². The van der Waals surface area contributed by atoms with Crippen LogP contribution in [0.15, 0.2) is 0 Å². The number of ether oxygens (including phenoxy) is 3. The van der Waals surface area contributed by atoms with Crippen molar-refractivity contribution in [1.29, 1.82) is 0 Å². The van der Waals surface area contributed by atoms with E-state index < -0.39 is 29.3 Å². The average molecular weight is 275 g/mol. The highest BCUT2D eigenvalue weighted by molar-refractivity contribution is 5.81. The van der Waals surface area contributed by atoms with Gasteiger partial charge in [0.25, 0.3) is 0 Å². The van der Waals surface area contributed by atoms with E-state index in [4.69, 9.17) is 9.47 Å². The summed E-state index contributed by atoms with van der Waals surface area (Å²) in [6.07, 6.45) is -0.680. The average Bonchev–Trinajstić information content (AvgIpc) is 2.19. The van der Waals surface area contributed by atoms with Crippen molar-refractivity contribution in [1.82, 2.24) is 5.32 Å². The van der Waals surface area contributed by atoms with Crippen molar-refractivity contribution < 1.29 is 23.8 Å². The van der Waals surface area contributed by atoms with Crippen LogP contribution in [-0.4, -0.2) is 43.0 Å². The molecule has 19 heavy (non-hydrogen) atoms. The van der Waals surface area contributed by atoms with Crippen LogP contribution in [0, 0.1) is 0 Å². The molecule has 112 valence electrons. The smallest absolute Gasteiger partial charge is 0.408 e. The molecule has 0 radical (unpaired) electrons. The predicted octanol–water partition coefficient (Wildman–Crippen LogP) is 1.87. The molecule has 0 spiro atoms. The summed E-state index contributed by atoms with van der Waals surface area (Å²) < 4.78 is 15.2. The van der Waals surface area contributed by atoms with E-state index >= 15 is 0 Å². The van der Waals surface area contributed by atoms with Gasteiger partial charge in [-0.05, 0) is 41.5 Å². The van der Waals surface area contributed by atoms with Crippen LogP contribution in [0.25, 0.3) is 0 Å². The highest BCUT2D eigenvalue weighted by Gasteiger charge is 2.26. The number of nitrogens with one attached hydrogen (secondary N) is 1. The van der Waals surface area contributed by atoms with Crippen LogP contribution < -0.4 is 5.32 Å². The first-order valence-corrected chi connectivity index (χ1v) is 6.16. The van der Waals surface area contributed by atoms with Gasteiger partial charge in [0, 0.05) is 0 Å². The fraction of sp³-hybridized carbons (Fsp3) is 0.846. The first-order chi connectivity index (χ1) is 8.44. The van der Waals surface area contributed by atoms with E-state index in [-0.39, 0.29) is 6.61 Å².